The van der Waals surface area contributed by atoms with Crippen LogP contribution in [0.25, 0.3) is 12.2 Å². The van der Waals surface area contributed by atoms with Gasteiger partial charge in [-0.2, -0.15) is 0 Å². The van der Waals surface area contributed by atoms with Crippen molar-refractivity contribution in [3.8, 4) is 23.0 Å². The Bertz CT molecular complexity index is 1290. The molecule has 17 heteroatoms. The maximum Gasteiger partial charge on any atom is 1.00 e. The number of halogens is 1. The predicted molar refractivity (Wildman–Crippen MR) is 161 cm³/mol. The zero-order valence-electron chi connectivity index (χ0n) is 27.5. The van der Waals surface area contributed by atoms with Crippen molar-refractivity contribution in [2.75, 3.05) is 52.6 Å². The number of epoxide rings is 3. The Balaban J connectivity index is 0. The van der Waals surface area contributed by atoms with Gasteiger partial charge in [-0.15, -0.1) is 0 Å². The van der Waals surface area contributed by atoms with Gasteiger partial charge in [0.25, 0.3) is 6.47 Å². The summed E-state index contributed by atoms with van der Waals surface area (Å²) >= 11 is 3.25. The quantitative estimate of drug-likeness (QED) is 0.0244. The summed E-state index contributed by atoms with van der Waals surface area (Å²) in [5.41, 5.74) is 1.11. The number of alkyl halides is 1. The molecule has 2 N–H and O–H groups in total. The summed E-state index contributed by atoms with van der Waals surface area (Å²) in [6, 6.07) is 9.51. The standard InChI is InChI=1S/C16H18O6.C10H10O4.C3H5BrO.CH2O3.2K.H/c1-18-16(17)5-2-11-6-12(19-7-13-8-20-13)3-4-15(11)22-10-14-9-21-14;1-14-10(13)5-2-7-6-8(11)3-4-9(7)12;4-1-3-2-5-3;2-1-4-3;;;/h2-6,13-14H,7-10H2,1H3;2-6,11-12H,1H3;3H,1-2H2;1,3H;;;/q;;;;2*+1;-1/p-1/b2*5-2+;;;;;. The number of carbonyl (C=O) groups is 3. The van der Waals surface area contributed by atoms with Gasteiger partial charge in [-0.25, -0.2) is 9.59 Å². The van der Waals surface area contributed by atoms with Gasteiger partial charge in [0, 0.05) is 28.6 Å². The molecule has 2 aromatic carbocycles. The van der Waals surface area contributed by atoms with Gasteiger partial charge >= 0.3 is 115 Å². The number of phenolic OH excluding ortho intramolecular Hbond substituents is 2. The fourth-order valence-electron chi connectivity index (χ4n) is 2.86. The fraction of sp³-hybridized carbons (Fsp3) is 0.367. The molecule has 0 saturated carbocycles. The van der Waals surface area contributed by atoms with Crippen molar-refractivity contribution in [2.45, 2.75) is 18.3 Å². The molecule has 0 aliphatic carbocycles. The molecule has 3 aliphatic rings. The second-order valence-electron chi connectivity index (χ2n) is 8.99. The molecule has 3 unspecified atom stereocenters. The monoisotopic (exact) mass is 776 g/mol. The van der Waals surface area contributed by atoms with Crippen LogP contribution in [0.4, 0.5) is 0 Å². The van der Waals surface area contributed by atoms with Crippen molar-refractivity contribution in [1.29, 1.82) is 0 Å². The number of phenols is 2. The summed E-state index contributed by atoms with van der Waals surface area (Å²) < 4.78 is 35.4. The molecular weight excluding hydrogens is 742 g/mol. The van der Waals surface area contributed by atoms with Crippen LogP contribution in [0.3, 0.4) is 0 Å². The van der Waals surface area contributed by atoms with Crippen LogP contribution in [-0.2, 0) is 43.0 Å². The minimum Gasteiger partial charge on any atom is -1.00 e. The Morgan fingerprint density at radius 3 is 1.83 bits per heavy atom. The zero-order chi connectivity index (χ0) is 33.0. The van der Waals surface area contributed by atoms with E-state index in [1.54, 1.807) is 6.08 Å². The van der Waals surface area contributed by atoms with E-state index in [-0.39, 0.29) is 134 Å². The smallest absolute Gasteiger partial charge is 1.00 e. The minimum atomic E-state index is -0.521. The van der Waals surface area contributed by atoms with Gasteiger partial charge in [-0.05, 0) is 48.6 Å². The molecule has 3 saturated heterocycles. The molecule has 3 heterocycles. The second kappa shape index (κ2) is 26.9. The van der Waals surface area contributed by atoms with Crippen molar-refractivity contribution in [3.05, 3.63) is 59.7 Å². The first kappa shape index (κ1) is 46.1. The summed E-state index contributed by atoms with van der Waals surface area (Å²) in [7, 11) is 2.60. The maximum absolute atomic E-state index is 11.3. The van der Waals surface area contributed by atoms with E-state index >= 15 is 0 Å². The van der Waals surface area contributed by atoms with E-state index in [9.17, 15) is 14.7 Å². The third-order valence-electron chi connectivity index (χ3n) is 5.47. The van der Waals surface area contributed by atoms with Crippen molar-refractivity contribution in [2.24, 2.45) is 0 Å². The molecule has 0 spiro atoms. The first-order valence-corrected chi connectivity index (χ1v) is 14.4. The topological polar surface area (TPSA) is 198 Å². The molecule has 2 aromatic rings. The van der Waals surface area contributed by atoms with Gasteiger partial charge in [0.05, 0.1) is 40.1 Å². The van der Waals surface area contributed by atoms with Crippen LogP contribution < -0.4 is 118 Å². The number of esters is 2. The van der Waals surface area contributed by atoms with Gasteiger partial charge in [-0.1, -0.05) is 15.9 Å². The Kier molecular flexibility index (Phi) is 26.4. The number of hydrogen-bond donors (Lipinski definition) is 2. The molecule has 248 valence electrons. The molecule has 0 amide bonds. The number of ether oxygens (including phenoxy) is 7. The number of hydrogen-bond acceptors (Lipinski definition) is 14. The van der Waals surface area contributed by atoms with Gasteiger partial charge in [0.15, 0.2) is 0 Å². The Morgan fingerprint density at radius 1 is 0.872 bits per heavy atom. The largest absolute Gasteiger partial charge is 1.00 e. The SMILES string of the molecule is BrCC1CO1.COC(=O)/C=C/c1cc(O)ccc1O.COC(=O)/C=C/c1cc(OCC2CO2)ccc1OCC1CO1.O=CO[O-].[H-].[K+].[K+]. The summed E-state index contributed by atoms with van der Waals surface area (Å²) in [6.07, 6.45) is 6.43. The molecule has 0 bridgehead atoms. The summed E-state index contributed by atoms with van der Waals surface area (Å²) in [4.78, 5) is 33.2. The van der Waals surface area contributed by atoms with Crippen LogP contribution in [0.15, 0.2) is 48.6 Å². The average Bonchev–Trinajstić information content (AvgIpc) is 3.90. The molecule has 5 rings (SSSR count). The Morgan fingerprint density at radius 2 is 1.38 bits per heavy atom. The molecule has 0 radical (unpaired) electrons. The predicted octanol–water partition coefficient (Wildman–Crippen LogP) is -3.95. The number of carbonyl (C=O) groups excluding carboxylic acids is 3. The first-order valence-electron chi connectivity index (χ1n) is 13.3. The minimum absolute atomic E-state index is 0. The first-order chi connectivity index (χ1) is 21.7. The molecular formula is C30H35BrK2O14. The summed E-state index contributed by atoms with van der Waals surface area (Å²) in [5.74, 6) is 0.443. The van der Waals surface area contributed by atoms with E-state index in [1.165, 1.54) is 44.6 Å². The molecule has 0 aromatic heterocycles. The molecule has 3 fully saturated rings. The zero-order valence-corrected chi connectivity index (χ0v) is 34.3. The summed E-state index contributed by atoms with van der Waals surface area (Å²) in [6.45, 7) is 3.28. The van der Waals surface area contributed by atoms with E-state index in [0.717, 1.165) is 36.8 Å². The van der Waals surface area contributed by atoms with Gasteiger partial charge < -0.3 is 54.9 Å². The molecule has 47 heavy (non-hydrogen) atoms. The average molecular weight is 778 g/mol. The molecule has 3 aliphatic heterocycles. The van der Waals surface area contributed by atoms with E-state index in [0.29, 0.717) is 36.4 Å². The van der Waals surface area contributed by atoms with E-state index in [4.69, 9.17) is 38.8 Å². The van der Waals surface area contributed by atoms with Crippen LogP contribution in [0, 0.1) is 0 Å². The third kappa shape index (κ3) is 22.5. The van der Waals surface area contributed by atoms with Crippen LogP contribution >= 0.6 is 15.9 Å². The van der Waals surface area contributed by atoms with E-state index in [2.05, 4.69) is 30.3 Å². The number of methoxy groups -OCH3 is 2. The summed E-state index contributed by atoms with van der Waals surface area (Å²) in [5, 5.41) is 27.8. The fourth-order valence-corrected chi connectivity index (χ4v) is 3.24. The van der Waals surface area contributed by atoms with Crippen molar-refractivity contribution in [1.82, 2.24) is 0 Å². The van der Waals surface area contributed by atoms with Crippen LogP contribution in [-0.4, -0.2) is 99.5 Å². The van der Waals surface area contributed by atoms with Crippen LogP contribution in [0.1, 0.15) is 12.6 Å². The molecule has 14 nitrogen and oxygen atoms in total. The van der Waals surface area contributed by atoms with Crippen molar-refractivity contribution in [3.63, 3.8) is 0 Å². The Labute approximate surface area is 367 Å². The maximum atomic E-state index is 11.3. The number of aromatic hydroxyl groups is 2. The van der Waals surface area contributed by atoms with Crippen LogP contribution in [0.2, 0.25) is 0 Å². The van der Waals surface area contributed by atoms with Gasteiger partial charge in [0.1, 0.15) is 48.4 Å². The van der Waals surface area contributed by atoms with Crippen molar-refractivity contribution >= 4 is 46.5 Å². The van der Waals surface area contributed by atoms with Crippen molar-refractivity contribution < 1.29 is 172 Å². The number of rotatable bonds is 12. The third-order valence-corrected chi connectivity index (χ3v) is 6.19. The second-order valence-corrected chi connectivity index (χ2v) is 9.64. The van der Waals surface area contributed by atoms with Crippen LogP contribution in [0.5, 0.6) is 23.0 Å². The van der Waals surface area contributed by atoms with E-state index in [1.807, 2.05) is 18.2 Å². The normalized spacial score (nSPS) is 17.7. The Hall–Kier alpha value is -0.877. The van der Waals surface area contributed by atoms with Gasteiger partial charge in [0.2, 0.25) is 0 Å². The number of benzene rings is 2. The van der Waals surface area contributed by atoms with E-state index < -0.39 is 11.9 Å². The van der Waals surface area contributed by atoms with Gasteiger partial charge in [-0.3, -0.25) is 4.79 Å². The molecule has 3 atom stereocenters.